The van der Waals surface area contributed by atoms with Crippen molar-refractivity contribution in [1.29, 1.82) is 0 Å². The van der Waals surface area contributed by atoms with Crippen LogP contribution in [0.2, 0.25) is 0 Å². The lowest BCUT2D eigenvalue weighted by Gasteiger charge is -2.22. The van der Waals surface area contributed by atoms with Gasteiger partial charge in [0.2, 0.25) is 5.76 Å². The zero-order valence-corrected chi connectivity index (χ0v) is 10.4. The summed E-state index contributed by atoms with van der Waals surface area (Å²) in [4.78, 5) is 19.8. The molecule has 112 valence electrons. The number of rotatable bonds is 5. The van der Waals surface area contributed by atoms with Gasteiger partial charge >= 0.3 is 0 Å². The summed E-state index contributed by atoms with van der Waals surface area (Å²) in [6.07, 6.45) is -0.680. The molecule has 1 aliphatic rings. The summed E-state index contributed by atoms with van der Waals surface area (Å²) in [7, 11) is 0. The molecule has 0 aromatic heterocycles. The quantitative estimate of drug-likeness (QED) is 0.222. The molecule has 0 spiro atoms. The van der Waals surface area contributed by atoms with Gasteiger partial charge in [0.1, 0.15) is 24.9 Å². The van der Waals surface area contributed by atoms with Crippen LogP contribution in [0.25, 0.3) is 0 Å². The molecule has 0 saturated carbocycles. The molecule has 1 rings (SSSR count). The van der Waals surface area contributed by atoms with Crippen LogP contribution in [0.5, 0.6) is 0 Å². The van der Waals surface area contributed by atoms with Crippen LogP contribution < -0.4 is 0 Å². The predicted molar refractivity (Wildman–Crippen MR) is 66.2 cm³/mol. The van der Waals surface area contributed by atoms with E-state index in [2.05, 4.69) is 0 Å². The second-order valence-corrected chi connectivity index (χ2v) is 3.63. The van der Waals surface area contributed by atoms with Gasteiger partial charge in [0.15, 0.2) is 18.3 Å². The molecule has 4 atom stereocenters. The lowest BCUT2D eigenvalue weighted by molar-refractivity contribution is -0.132. The van der Waals surface area contributed by atoms with E-state index < -0.39 is 30.2 Å². The second kappa shape index (κ2) is 9.90. The van der Waals surface area contributed by atoms with E-state index in [0.29, 0.717) is 0 Å². The standard InChI is InChI=1S/C7H10O7.C5H6O/c8-1-3(10)5(12)7(14)6(13)4(11)2-9;1-2-4-6-5-3-1/h1,3,5-7,10-14H;1-4H,5H2. The maximum atomic E-state index is 9.96. The number of carbonyl (C=O) groups excluding carboxylic acids is 2. The molecule has 0 saturated heterocycles. The van der Waals surface area contributed by atoms with Crippen LogP contribution in [0.1, 0.15) is 0 Å². The third kappa shape index (κ3) is 6.28. The highest BCUT2D eigenvalue weighted by Gasteiger charge is 2.32. The van der Waals surface area contributed by atoms with E-state index in [1.165, 1.54) is 0 Å². The van der Waals surface area contributed by atoms with Crippen molar-refractivity contribution in [2.75, 3.05) is 6.61 Å². The van der Waals surface area contributed by atoms with Gasteiger partial charge in [-0.25, -0.2) is 4.79 Å². The van der Waals surface area contributed by atoms with Crippen LogP contribution in [-0.2, 0) is 14.3 Å². The molecule has 1 aliphatic heterocycles. The highest BCUT2D eigenvalue weighted by Crippen LogP contribution is 2.07. The Kier molecular flexibility index (Phi) is 8.93. The minimum atomic E-state index is -2.10. The van der Waals surface area contributed by atoms with Crippen molar-refractivity contribution < 1.29 is 39.9 Å². The van der Waals surface area contributed by atoms with Crippen molar-refractivity contribution in [3.8, 4) is 0 Å². The normalized spacial score (nSPS) is 18.4. The number of carbonyl (C=O) groups is 1. The molecule has 0 fully saturated rings. The molecule has 0 aromatic rings. The minimum Gasteiger partial charge on any atom is -0.500 e. The van der Waals surface area contributed by atoms with Gasteiger partial charge in [-0.05, 0) is 12.2 Å². The minimum absolute atomic E-state index is 0.0672. The van der Waals surface area contributed by atoms with Crippen molar-refractivity contribution >= 4 is 12.2 Å². The molecule has 8 heteroatoms. The monoisotopic (exact) mass is 288 g/mol. The molecule has 20 heavy (non-hydrogen) atoms. The highest BCUT2D eigenvalue weighted by atomic mass is 16.5. The van der Waals surface area contributed by atoms with Gasteiger partial charge in [-0.15, -0.1) is 0 Å². The maximum absolute atomic E-state index is 9.96. The number of hydrogen-bond acceptors (Lipinski definition) is 8. The van der Waals surface area contributed by atoms with E-state index in [9.17, 15) is 9.59 Å². The molecular formula is C12H16O8. The Bertz CT molecular complexity index is 384. The van der Waals surface area contributed by atoms with Crippen molar-refractivity contribution in [2.24, 2.45) is 0 Å². The van der Waals surface area contributed by atoms with Gasteiger partial charge in [0, 0.05) is 0 Å². The molecule has 1 heterocycles. The Labute approximate surface area is 114 Å². The molecule has 5 N–H and O–H groups in total. The molecule has 4 unspecified atom stereocenters. The van der Waals surface area contributed by atoms with Crippen LogP contribution in [-0.4, -0.2) is 68.8 Å². The summed E-state index contributed by atoms with van der Waals surface area (Å²) in [5, 5.41) is 44.2. The first kappa shape index (κ1) is 18.0. The van der Waals surface area contributed by atoms with Crippen molar-refractivity contribution in [3.05, 3.63) is 30.2 Å². The number of hydrogen-bond donors (Lipinski definition) is 5. The number of aliphatic hydroxyl groups excluding tert-OH is 5. The Morgan fingerprint density at radius 1 is 1.20 bits per heavy atom. The van der Waals surface area contributed by atoms with E-state index in [4.69, 9.17) is 30.3 Å². The lowest BCUT2D eigenvalue weighted by Crippen LogP contribution is -2.45. The van der Waals surface area contributed by atoms with Crippen LogP contribution in [0.4, 0.5) is 0 Å². The number of aldehydes is 1. The molecular weight excluding hydrogens is 272 g/mol. The fourth-order valence-corrected chi connectivity index (χ4v) is 1.04. The SMILES string of the molecule is C1=CCOC=C1.O=C=C(O)C(O)C(O)C(O)C(O)C=O. The number of allylic oxidation sites excluding steroid dienone is 2. The molecule has 0 aromatic carbocycles. The molecule has 0 radical (unpaired) electrons. The zero-order chi connectivity index (χ0) is 15.5. The van der Waals surface area contributed by atoms with E-state index in [1.54, 1.807) is 6.26 Å². The Morgan fingerprint density at radius 2 is 1.85 bits per heavy atom. The fraction of sp³-hybridized carbons (Fsp3) is 0.417. The Balaban J connectivity index is 0.000000493. The van der Waals surface area contributed by atoms with Crippen LogP contribution in [0.15, 0.2) is 30.2 Å². The number of aliphatic hydroxyl groups is 5. The molecule has 0 amide bonds. The van der Waals surface area contributed by atoms with Crippen molar-refractivity contribution in [1.82, 2.24) is 0 Å². The van der Waals surface area contributed by atoms with Gasteiger partial charge in [0.05, 0.1) is 6.26 Å². The van der Waals surface area contributed by atoms with E-state index in [-0.39, 0.29) is 6.29 Å². The first-order valence-corrected chi connectivity index (χ1v) is 5.50. The van der Waals surface area contributed by atoms with Gasteiger partial charge in [0.25, 0.3) is 0 Å². The van der Waals surface area contributed by atoms with E-state index >= 15 is 0 Å². The first-order valence-electron chi connectivity index (χ1n) is 5.50. The largest absolute Gasteiger partial charge is 0.500 e. The number of ether oxygens (including phenoxy) is 1. The third-order valence-electron chi connectivity index (χ3n) is 2.16. The summed E-state index contributed by atoms with van der Waals surface area (Å²) in [5.74, 6) is -0.339. The highest BCUT2D eigenvalue weighted by molar-refractivity contribution is 5.57. The third-order valence-corrected chi connectivity index (χ3v) is 2.16. The van der Waals surface area contributed by atoms with E-state index in [0.717, 1.165) is 12.5 Å². The van der Waals surface area contributed by atoms with Gasteiger partial charge in [-0.2, -0.15) is 0 Å². The second-order valence-electron chi connectivity index (χ2n) is 3.63. The predicted octanol–water partition coefficient (Wildman–Crippen LogP) is -2.01. The molecule has 8 nitrogen and oxygen atoms in total. The van der Waals surface area contributed by atoms with Gasteiger partial charge < -0.3 is 35.1 Å². The summed E-state index contributed by atoms with van der Waals surface area (Å²) in [6, 6.07) is 0. The summed E-state index contributed by atoms with van der Waals surface area (Å²) in [5.41, 5.74) is 0. The van der Waals surface area contributed by atoms with Crippen LogP contribution >= 0.6 is 0 Å². The summed E-state index contributed by atoms with van der Waals surface area (Å²) >= 11 is 0. The van der Waals surface area contributed by atoms with Crippen molar-refractivity contribution in [3.63, 3.8) is 0 Å². The first-order chi connectivity index (χ1) is 9.45. The summed E-state index contributed by atoms with van der Waals surface area (Å²) in [6.45, 7) is 0.733. The summed E-state index contributed by atoms with van der Waals surface area (Å²) < 4.78 is 4.80. The average molecular weight is 288 g/mol. The van der Waals surface area contributed by atoms with E-state index in [1.807, 2.05) is 18.2 Å². The van der Waals surface area contributed by atoms with Crippen LogP contribution in [0.3, 0.4) is 0 Å². The molecule has 0 aliphatic carbocycles. The topological polar surface area (TPSA) is 145 Å². The van der Waals surface area contributed by atoms with Crippen LogP contribution in [0, 0.1) is 0 Å². The Morgan fingerprint density at radius 3 is 2.15 bits per heavy atom. The van der Waals surface area contributed by atoms with Gasteiger partial charge in [-0.3, -0.25) is 0 Å². The smallest absolute Gasteiger partial charge is 0.208 e. The fourth-order valence-electron chi connectivity index (χ4n) is 1.04. The average Bonchev–Trinajstić information content (AvgIpc) is 2.53. The maximum Gasteiger partial charge on any atom is 0.208 e. The Hall–Kier alpha value is -1.96. The lowest BCUT2D eigenvalue weighted by atomic mass is 10.0. The zero-order valence-electron chi connectivity index (χ0n) is 10.4. The van der Waals surface area contributed by atoms with Crippen molar-refractivity contribution in [2.45, 2.75) is 24.4 Å². The van der Waals surface area contributed by atoms with Gasteiger partial charge in [-0.1, -0.05) is 6.08 Å². The molecule has 0 bridgehead atoms.